The van der Waals surface area contributed by atoms with Gasteiger partial charge in [-0.05, 0) is 41.1 Å². The van der Waals surface area contributed by atoms with Crippen molar-refractivity contribution in [2.45, 2.75) is 6.92 Å². The lowest BCUT2D eigenvalue weighted by Gasteiger charge is -2.08. The molecule has 0 radical (unpaired) electrons. The topological polar surface area (TPSA) is 105 Å². The lowest BCUT2D eigenvalue weighted by molar-refractivity contribution is 0.0696. The minimum absolute atomic E-state index is 0.273. The first-order valence-corrected chi connectivity index (χ1v) is 5.78. The molecule has 0 aliphatic heterocycles. The maximum Gasteiger partial charge on any atom is 0.335 e. The van der Waals surface area contributed by atoms with Gasteiger partial charge in [-0.3, -0.25) is 4.98 Å². The lowest BCUT2D eigenvalue weighted by Crippen LogP contribution is -2.03. The van der Waals surface area contributed by atoms with Crippen molar-refractivity contribution in [3.8, 4) is 0 Å². The van der Waals surface area contributed by atoms with Gasteiger partial charge in [0.2, 0.25) is 0 Å². The van der Waals surface area contributed by atoms with Crippen LogP contribution in [0.4, 0.5) is 11.5 Å². The maximum absolute atomic E-state index is 11.0. The van der Waals surface area contributed by atoms with E-state index < -0.39 is 5.97 Å². The third-order valence-corrected chi connectivity index (χ3v) is 2.84. The van der Waals surface area contributed by atoms with Crippen LogP contribution in [-0.2, 0) is 0 Å². The van der Waals surface area contributed by atoms with Crippen LogP contribution in [0.25, 0.3) is 5.65 Å². The van der Waals surface area contributed by atoms with Crippen LogP contribution in [0.5, 0.6) is 0 Å². The molecule has 0 saturated carbocycles. The van der Waals surface area contributed by atoms with Gasteiger partial charge in [0.15, 0.2) is 11.5 Å². The molecule has 0 unspecified atom stereocenters. The van der Waals surface area contributed by atoms with Crippen molar-refractivity contribution >= 4 is 23.1 Å². The Hall–Kier alpha value is -3.03. The second-order valence-electron chi connectivity index (χ2n) is 4.20. The molecule has 0 aliphatic carbocycles. The minimum Gasteiger partial charge on any atom is -0.478 e. The van der Waals surface area contributed by atoms with Gasteiger partial charge in [0.1, 0.15) is 0 Å². The van der Waals surface area contributed by atoms with E-state index in [4.69, 9.17) is 5.11 Å². The summed E-state index contributed by atoms with van der Waals surface area (Å²) in [5.41, 5.74) is 2.19. The Morgan fingerprint density at radius 1 is 1.35 bits per heavy atom. The first-order chi connectivity index (χ1) is 9.65. The van der Waals surface area contributed by atoms with Crippen LogP contribution in [0.1, 0.15) is 15.9 Å². The smallest absolute Gasteiger partial charge is 0.335 e. The molecule has 1 aromatic carbocycles. The Morgan fingerprint density at radius 3 is 2.95 bits per heavy atom. The largest absolute Gasteiger partial charge is 0.478 e. The molecule has 0 spiro atoms. The van der Waals surface area contributed by atoms with Gasteiger partial charge in [-0.2, -0.15) is 4.52 Å². The summed E-state index contributed by atoms with van der Waals surface area (Å²) < 4.78 is 1.51. The zero-order chi connectivity index (χ0) is 14.1. The molecular formula is C12H10N6O2. The van der Waals surface area contributed by atoms with Gasteiger partial charge in [-0.25, -0.2) is 4.79 Å². The molecule has 2 aromatic heterocycles. The molecule has 0 saturated heterocycles. The van der Waals surface area contributed by atoms with Crippen molar-refractivity contribution < 1.29 is 9.90 Å². The average molecular weight is 270 g/mol. The molecule has 8 heteroatoms. The van der Waals surface area contributed by atoms with Gasteiger partial charge in [-0.15, -0.1) is 5.10 Å². The number of fused-ring (bicyclic) bond motifs is 1. The quantitative estimate of drug-likeness (QED) is 0.738. The molecule has 0 aliphatic rings. The summed E-state index contributed by atoms with van der Waals surface area (Å²) in [5, 5.41) is 23.3. The molecule has 0 atom stereocenters. The number of carboxylic acid groups (broad SMARTS) is 1. The van der Waals surface area contributed by atoms with E-state index in [0.29, 0.717) is 17.0 Å². The molecule has 0 fully saturated rings. The summed E-state index contributed by atoms with van der Waals surface area (Å²) >= 11 is 0. The molecular weight excluding hydrogens is 260 g/mol. The first-order valence-electron chi connectivity index (χ1n) is 5.78. The van der Waals surface area contributed by atoms with Crippen molar-refractivity contribution in [2.24, 2.45) is 0 Å². The number of anilines is 2. The number of carboxylic acids is 1. The monoisotopic (exact) mass is 270 g/mol. The predicted molar refractivity (Wildman–Crippen MR) is 70.0 cm³/mol. The third-order valence-electron chi connectivity index (χ3n) is 2.84. The SMILES string of the molecule is Cc1cc(Nc2cncc3nnnn23)ccc1C(=O)O. The maximum atomic E-state index is 11.0. The number of tetrazole rings is 1. The number of aromatic carboxylic acids is 1. The fourth-order valence-corrected chi connectivity index (χ4v) is 1.89. The van der Waals surface area contributed by atoms with Crippen LogP contribution < -0.4 is 5.32 Å². The van der Waals surface area contributed by atoms with Crippen LogP contribution in [0.2, 0.25) is 0 Å². The van der Waals surface area contributed by atoms with E-state index in [1.165, 1.54) is 4.52 Å². The number of nitrogens with zero attached hydrogens (tertiary/aromatic N) is 5. The van der Waals surface area contributed by atoms with Crippen molar-refractivity contribution in [2.75, 3.05) is 5.32 Å². The highest BCUT2D eigenvalue weighted by Crippen LogP contribution is 2.19. The number of aryl methyl sites for hydroxylation is 1. The van der Waals surface area contributed by atoms with E-state index in [-0.39, 0.29) is 5.56 Å². The highest BCUT2D eigenvalue weighted by Gasteiger charge is 2.09. The zero-order valence-corrected chi connectivity index (χ0v) is 10.5. The van der Waals surface area contributed by atoms with Gasteiger partial charge in [0.25, 0.3) is 0 Å². The number of benzene rings is 1. The Kier molecular flexibility index (Phi) is 2.75. The molecule has 0 amide bonds. The normalized spacial score (nSPS) is 10.7. The number of hydrogen-bond donors (Lipinski definition) is 2. The third kappa shape index (κ3) is 2.03. The molecule has 3 aromatic rings. The molecule has 8 nitrogen and oxygen atoms in total. The second kappa shape index (κ2) is 4.57. The summed E-state index contributed by atoms with van der Waals surface area (Å²) in [6.45, 7) is 1.74. The standard InChI is InChI=1S/C12H10N6O2/c1-7-4-8(2-3-9(7)12(19)20)14-10-5-13-6-11-15-16-17-18(10)11/h2-6,14H,1H3,(H,19,20). The van der Waals surface area contributed by atoms with Crippen LogP contribution in [0.3, 0.4) is 0 Å². The van der Waals surface area contributed by atoms with E-state index in [1.807, 2.05) is 0 Å². The van der Waals surface area contributed by atoms with Gasteiger partial charge in [-0.1, -0.05) is 0 Å². The van der Waals surface area contributed by atoms with Crippen molar-refractivity contribution in [1.29, 1.82) is 0 Å². The van der Waals surface area contributed by atoms with Gasteiger partial charge >= 0.3 is 5.97 Å². The van der Waals surface area contributed by atoms with Gasteiger partial charge in [0.05, 0.1) is 18.0 Å². The van der Waals surface area contributed by atoms with Crippen molar-refractivity contribution in [3.05, 3.63) is 41.7 Å². The Balaban J connectivity index is 1.97. The fourth-order valence-electron chi connectivity index (χ4n) is 1.89. The van der Waals surface area contributed by atoms with E-state index in [2.05, 4.69) is 25.8 Å². The highest BCUT2D eigenvalue weighted by atomic mass is 16.4. The van der Waals surface area contributed by atoms with Crippen molar-refractivity contribution in [1.82, 2.24) is 25.0 Å². The molecule has 3 rings (SSSR count). The Labute approximate surface area is 113 Å². The van der Waals surface area contributed by atoms with Crippen LogP contribution >= 0.6 is 0 Å². The van der Waals surface area contributed by atoms with Crippen LogP contribution in [-0.4, -0.2) is 36.1 Å². The van der Waals surface area contributed by atoms with Gasteiger partial charge in [0, 0.05) is 5.69 Å². The Morgan fingerprint density at radius 2 is 2.20 bits per heavy atom. The lowest BCUT2D eigenvalue weighted by atomic mass is 10.1. The number of rotatable bonds is 3. The zero-order valence-electron chi connectivity index (χ0n) is 10.5. The van der Waals surface area contributed by atoms with E-state index in [9.17, 15) is 4.79 Å². The fraction of sp³-hybridized carbons (Fsp3) is 0.0833. The number of nitrogens with one attached hydrogen (secondary N) is 1. The number of carbonyl (C=O) groups is 1. The summed E-state index contributed by atoms with van der Waals surface area (Å²) in [5.74, 6) is -0.353. The first kappa shape index (κ1) is 12.0. The molecule has 20 heavy (non-hydrogen) atoms. The highest BCUT2D eigenvalue weighted by molar-refractivity contribution is 5.90. The molecule has 100 valence electrons. The molecule has 2 heterocycles. The number of aromatic nitrogens is 5. The van der Waals surface area contributed by atoms with E-state index in [0.717, 1.165) is 5.69 Å². The molecule has 2 N–H and O–H groups in total. The number of hydrogen-bond acceptors (Lipinski definition) is 6. The minimum atomic E-state index is -0.946. The molecule has 0 bridgehead atoms. The van der Waals surface area contributed by atoms with Crippen molar-refractivity contribution in [3.63, 3.8) is 0 Å². The average Bonchev–Trinajstić information content (AvgIpc) is 2.87. The Bertz CT molecular complexity index is 797. The summed E-state index contributed by atoms with van der Waals surface area (Å²) in [4.78, 5) is 15.0. The summed E-state index contributed by atoms with van der Waals surface area (Å²) in [7, 11) is 0. The van der Waals surface area contributed by atoms with E-state index >= 15 is 0 Å². The predicted octanol–water partition coefficient (Wildman–Crippen LogP) is 1.27. The van der Waals surface area contributed by atoms with Crippen LogP contribution in [0, 0.1) is 6.92 Å². The summed E-state index contributed by atoms with van der Waals surface area (Å²) in [6, 6.07) is 4.97. The summed E-state index contributed by atoms with van der Waals surface area (Å²) in [6.07, 6.45) is 3.13. The van der Waals surface area contributed by atoms with E-state index in [1.54, 1.807) is 37.5 Å². The second-order valence-corrected chi connectivity index (χ2v) is 4.20. The van der Waals surface area contributed by atoms with Crippen LogP contribution in [0.15, 0.2) is 30.6 Å². The van der Waals surface area contributed by atoms with Gasteiger partial charge < -0.3 is 10.4 Å².